The summed E-state index contributed by atoms with van der Waals surface area (Å²) < 4.78 is 0. The first-order valence-corrected chi connectivity index (χ1v) is 16.9. The number of nitrogens with zero attached hydrogens (tertiary/aromatic N) is 1. The molecule has 6 aromatic carbocycles. The molecule has 0 heterocycles. The lowest BCUT2D eigenvalue weighted by atomic mass is 9.70. The van der Waals surface area contributed by atoms with Crippen molar-refractivity contribution in [1.82, 2.24) is 0 Å². The fourth-order valence-electron chi connectivity index (χ4n) is 9.41. The highest BCUT2D eigenvalue weighted by atomic mass is 15.1. The van der Waals surface area contributed by atoms with Crippen molar-refractivity contribution in [3.63, 3.8) is 0 Å². The molecule has 10 rings (SSSR count). The topological polar surface area (TPSA) is 3.24 Å². The summed E-state index contributed by atoms with van der Waals surface area (Å²) >= 11 is 0. The van der Waals surface area contributed by atoms with Crippen LogP contribution in [-0.2, 0) is 10.8 Å². The van der Waals surface area contributed by atoms with E-state index in [1.54, 1.807) is 0 Å². The quantitative estimate of drug-likeness (QED) is 0.195. The average molecular weight is 602 g/mol. The molecule has 0 aromatic heterocycles. The van der Waals surface area contributed by atoms with E-state index in [1.807, 2.05) is 0 Å². The maximum atomic E-state index is 2.50. The van der Waals surface area contributed by atoms with E-state index in [4.69, 9.17) is 0 Å². The van der Waals surface area contributed by atoms with Crippen LogP contribution in [0.1, 0.15) is 60.1 Å². The number of fused-ring (bicyclic) bond motifs is 13. The first-order chi connectivity index (χ1) is 23.1. The Bertz CT molecular complexity index is 2290. The Hall–Kier alpha value is -5.40. The van der Waals surface area contributed by atoms with E-state index in [0.717, 1.165) is 18.5 Å². The van der Waals surface area contributed by atoms with Crippen molar-refractivity contribution in [2.75, 3.05) is 4.90 Å². The normalized spacial score (nSPS) is 16.7. The van der Waals surface area contributed by atoms with Crippen LogP contribution >= 0.6 is 0 Å². The van der Waals surface area contributed by atoms with Crippen LogP contribution in [0, 0.1) is 0 Å². The molecule has 0 saturated heterocycles. The molecule has 0 N–H and O–H groups in total. The number of hydrogen-bond acceptors (Lipinski definition) is 1. The van der Waals surface area contributed by atoms with Gasteiger partial charge in [-0.2, -0.15) is 0 Å². The van der Waals surface area contributed by atoms with Gasteiger partial charge in [0.05, 0.1) is 11.1 Å². The van der Waals surface area contributed by atoms with E-state index in [2.05, 4.69) is 170 Å². The van der Waals surface area contributed by atoms with Gasteiger partial charge in [0, 0.05) is 22.4 Å². The van der Waals surface area contributed by atoms with Gasteiger partial charge in [-0.1, -0.05) is 135 Å². The smallest absolute Gasteiger partial charge is 0.0726 e. The molecular weight excluding hydrogens is 567 g/mol. The van der Waals surface area contributed by atoms with Crippen molar-refractivity contribution in [3.05, 3.63) is 191 Å². The lowest BCUT2D eigenvalue weighted by Gasteiger charge is -2.32. The summed E-state index contributed by atoms with van der Waals surface area (Å²) in [4.78, 5) is 2.50. The summed E-state index contributed by atoms with van der Waals surface area (Å²) in [5.41, 5.74) is 19.7. The monoisotopic (exact) mass is 601 g/mol. The van der Waals surface area contributed by atoms with E-state index in [9.17, 15) is 0 Å². The average Bonchev–Trinajstić information content (AvgIpc) is 3.68. The van der Waals surface area contributed by atoms with E-state index < -0.39 is 0 Å². The predicted molar refractivity (Wildman–Crippen MR) is 196 cm³/mol. The van der Waals surface area contributed by atoms with Gasteiger partial charge in [0.2, 0.25) is 0 Å². The third-order valence-corrected chi connectivity index (χ3v) is 11.3. The Morgan fingerprint density at radius 2 is 1.06 bits per heavy atom. The van der Waals surface area contributed by atoms with Crippen LogP contribution in [0.5, 0.6) is 0 Å². The number of allylic oxidation sites excluding steroid dienone is 4. The minimum absolute atomic E-state index is 0.0352. The van der Waals surface area contributed by atoms with Crippen molar-refractivity contribution < 1.29 is 0 Å². The third kappa shape index (κ3) is 3.39. The number of hydrogen-bond donors (Lipinski definition) is 0. The van der Waals surface area contributed by atoms with Crippen molar-refractivity contribution >= 4 is 22.6 Å². The third-order valence-electron chi connectivity index (χ3n) is 11.3. The summed E-state index contributed by atoms with van der Waals surface area (Å²) in [7, 11) is 0. The molecule has 47 heavy (non-hydrogen) atoms. The van der Waals surface area contributed by atoms with Crippen LogP contribution in [0.2, 0.25) is 0 Å². The van der Waals surface area contributed by atoms with Crippen molar-refractivity contribution in [2.24, 2.45) is 0 Å². The van der Waals surface area contributed by atoms with E-state index in [0.29, 0.717) is 0 Å². The lowest BCUT2D eigenvalue weighted by Crippen LogP contribution is -2.26. The summed E-state index contributed by atoms with van der Waals surface area (Å²) in [6.45, 7) is 4.80. The molecule has 1 spiro atoms. The Morgan fingerprint density at radius 1 is 0.468 bits per heavy atom. The largest absolute Gasteiger partial charge is 0.310 e. The van der Waals surface area contributed by atoms with Crippen molar-refractivity contribution in [3.8, 4) is 22.3 Å². The van der Waals surface area contributed by atoms with Crippen LogP contribution in [0.3, 0.4) is 0 Å². The Kier molecular flexibility index (Phi) is 5.45. The zero-order valence-corrected chi connectivity index (χ0v) is 26.8. The molecule has 0 fully saturated rings. The molecule has 0 unspecified atom stereocenters. The van der Waals surface area contributed by atoms with Gasteiger partial charge in [0.1, 0.15) is 0 Å². The molecule has 4 aliphatic carbocycles. The number of para-hydroxylation sites is 1. The fraction of sp³-hybridized carbons (Fsp3) is 0.130. The minimum atomic E-state index is -0.369. The van der Waals surface area contributed by atoms with Gasteiger partial charge in [0.15, 0.2) is 0 Å². The van der Waals surface area contributed by atoms with Crippen LogP contribution in [-0.4, -0.2) is 0 Å². The molecule has 6 aromatic rings. The van der Waals surface area contributed by atoms with E-state index >= 15 is 0 Å². The highest BCUT2D eigenvalue weighted by Crippen LogP contribution is 2.64. The van der Waals surface area contributed by atoms with Gasteiger partial charge >= 0.3 is 0 Å². The molecule has 0 atom stereocenters. The summed E-state index contributed by atoms with van der Waals surface area (Å²) in [6.07, 6.45) is 7.18. The summed E-state index contributed by atoms with van der Waals surface area (Å²) in [5, 5.41) is 0. The van der Waals surface area contributed by atoms with Gasteiger partial charge in [-0.15, -0.1) is 0 Å². The first kappa shape index (κ1) is 26.8. The van der Waals surface area contributed by atoms with Crippen LogP contribution < -0.4 is 4.90 Å². The maximum absolute atomic E-state index is 2.50. The highest BCUT2D eigenvalue weighted by Gasteiger charge is 2.52. The number of anilines is 3. The van der Waals surface area contributed by atoms with Gasteiger partial charge in [-0.3, -0.25) is 0 Å². The Labute approximate surface area is 277 Å². The molecule has 0 radical (unpaired) electrons. The van der Waals surface area contributed by atoms with E-state index in [-0.39, 0.29) is 10.8 Å². The molecular formula is C46H35N. The number of rotatable bonds is 3. The molecule has 4 aliphatic rings. The van der Waals surface area contributed by atoms with Crippen LogP contribution in [0.15, 0.2) is 157 Å². The first-order valence-electron chi connectivity index (χ1n) is 16.9. The molecule has 1 nitrogen and oxygen atoms in total. The van der Waals surface area contributed by atoms with Gasteiger partial charge in [0.25, 0.3) is 0 Å². The molecule has 0 aliphatic heterocycles. The molecule has 0 saturated carbocycles. The van der Waals surface area contributed by atoms with E-state index in [1.165, 1.54) is 78.2 Å². The Balaban J connectivity index is 1.27. The zero-order chi connectivity index (χ0) is 31.3. The SMILES string of the molecule is CC1(C)C2=CCCC=C2c2ccc(N(c3ccccc3)c3cccc4c3-c3ccccc3C43c4ccccc4-c4ccccc43)cc21. The van der Waals surface area contributed by atoms with Crippen LogP contribution in [0.25, 0.3) is 27.8 Å². The molecule has 1 heteroatoms. The van der Waals surface area contributed by atoms with Crippen molar-refractivity contribution in [2.45, 2.75) is 37.5 Å². The zero-order valence-electron chi connectivity index (χ0n) is 26.8. The number of benzene rings is 6. The molecule has 0 amide bonds. The fourth-order valence-corrected chi connectivity index (χ4v) is 9.41. The maximum Gasteiger partial charge on any atom is 0.0726 e. The molecule has 224 valence electrons. The summed E-state index contributed by atoms with van der Waals surface area (Å²) in [6, 6.07) is 52.4. The second-order valence-electron chi connectivity index (χ2n) is 13.9. The highest BCUT2D eigenvalue weighted by molar-refractivity contribution is 6.01. The minimum Gasteiger partial charge on any atom is -0.310 e. The Morgan fingerprint density at radius 3 is 1.79 bits per heavy atom. The van der Waals surface area contributed by atoms with Gasteiger partial charge in [-0.05, 0) is 104 Å². The van der Waals surface area contributed by atoms with Gasteiger partial charge in [-0.25, -0.2) is 0 Å². The second kappa shape index (κ2) is 9.56. The molecule has 0 bridgehead atoms. The van der Waals surface area contributed by atoms with Gasteiger partial charge < -0.3 is 4.90 Å². The van der Waals surface area contributed by atoms with Crippen molar-refractivity contribution in [1.29, 1.82) is 0 Å². The summed E-state index contributed by atoms with van der Waals surface area (Å²) in [5.74, 6) is 0. The second-order valence-corrected chi connectivity index (χ2v) is 13.9. The standard InChI is InChI=1S/C46H35N/c1-45(2)37-21-10-6-17-32(37)35-28-27-31(29-42(35)45)47(30-15-4-3-5-16-30)43-26-14-25-41-44(43)36-20-9-13-24-40(36)46(41)38-22-11-7-18-33(38)34-19-8-12-23-39(34)46/h3-5,7-9,11-29H,6,10H2,1-2H3. The predicted octanol–water partition coefficient (Wildman–Crippen LogP) is 11.9. The lowest BCUT2D eigenvalue weighted by molar-refractivity contribution is 0.654. The van der Waals surface area contributed by atoms with Crippen LogP contribution in [0.4, 0.5) is 17.1 Å².